The van der Waals surface area contributed by atoms with Gasteiger partial charge in [0.1, 0.15) is 0 Å². The Balaban J connectivity index is -0.000000245. The molecule has 2 aromatic rings. The molecule has 0 aliphatic carbocycles. The minimum absolute atomic E-state index is 0. The van der Waals surface area contributed by atoms with Crippen molar-refractivity contribution in [1.29, 1.82) is 0 Å². The molecular weight excluding hydrogens is 342 g/mol. The van der Waals surface area contributed by atoms with E-state index in [0.717, 1.165) is 5.92 Å². The minimum atomic E-state index is 0. The van der Waals surface area contributed by atoms with E-state index in [1.54, 1.807) is 0 Å². The third-order valence-corrected chi connectivity index (χ3v) is 2.30. The van der Waals surface area contributed by atoms with E-state index in [0.29, 0.717) is 0 Å². The van der Waals surface area contributed by atoms with Crippen molar-refractivity contribution in [2.45, 2.75) is 26.7 Å². The smallest absolute Gasteiger partial charge is 1.00 e. The van der Waals surface area contributed by atoms with Crippen LogP contribution >= 0.6 is 0 Å². The van der Waals surface area contributed by atoms with Gasteiger partial charge in [-0.05, 0) is 5.92 Å². The molecule has 0 heterocycles. The Kier molecular flexibility index (Phi) is 19.7. The third kappa shape index (κ3) is 12.6. The summed E-state index contributed by atoms with van der Waals surface area (Å²) < 4.78 is 0. The van der Waals surface area contributed by atoms with Crippen molar-refractivity contribution in [3.8, 4) is 0 Å². The first kappa shape index (κ1) is 23.3. The Hall–Kier alpha value is 0.163. The standard InChI is InChI=1S/C10H15.C5H5.2ClH.Zr/c1-9(2)7-8-10-5-3-4-6-10;1-2-4-5-3-1;;;/h3-6,9H,7-8H2,1-2H3;1-5H;2*1H;/q2*-1;;;+4/p-2. The molecule has 2 rings (SSSR count). The van der Waals surface area contributed by atoms with Crippen LogP contribution in [-0.2, 0) is 32.6 Å². The van der Waals surface area contributed by atoms with Crippen molar-refractivity contribution in [2.75, 3.05) is 0 Å². The van der Waals surface area contributed by atoms with Crippen molar-refractivity contribution in [2.24, 2.45) is 5.92 Å². The van der Waals surface area contributed by atoms with Crippen LogP contribution in [-0.4, -0.2) is 0 Å². The first-order chi connectivity index (χ1) is 7.29. The van der Waals surface area contributed by atoms with E-state index in [4.69, 9.17) is 0 Å². The topological polar surface area (TPSA) is 0 Å². The van der Waals surface area contributed by atoms with Crippen molar-refractivity contribution >= 4 is 0 Å². The van der Waals surface area contributed by atoms with Gasteiger partial charge in [0.05, 0.1) is 0 Å². The molecule has 0 atom stereocenters. The maximum atomic E-state index is 2.27. The zero-order valence-electron chi connectivity index (χ0n) is 10.9. The van der Waals surface area contributed by atoms with Crippen LogP contribution in [0.5, 0.6) is 0 Å². The van der Waals surface area contributed by atoms with E-state index >= 15 is 0 Å². The molecule has 0 spiro atoms. The maximum Gasteiger partial charge on any atom is 4.00 e. The second kappa shape index (κ2) is 15.2. The average molecular weight is 362 g/mol. The summed E-state index contributed by atoms with van der Waals surface area (Å²) in [5.41, 5.74) is 1.48. The van der Waals surface area contributed by atoms with Gasteiger partial charge in [-0.1, -0.05) is 26.7 Å². The molecule has 0 amide bonds. The van der Waals surface area contributed by atoms with Gasteiger partial charge in [0.25, 0.3) is 0 Å². The quantitative estimate of drug-likeness (QED) is 0.578. The van der Waals surface area contributed by atoms with E-state index < -0.39 is 0 Å². The van der Waals surface area contributed by atoms with Crippen LogP contribution in [0.25, 0.3) is 0 Å². The van der Waals surface area contributed by atoms with Crippen LogP contribution in [0.4, 0.5) is 0 Å². The summed E-state index contributed by atoms with van der Waals surface area (Å²) in [5, 5.41) is 0. The molecule has 3 heteroatoms. The number of rotatable bonds is 3. The monoisotopic (exact) mass is 360 g/mol. The number of hydrogen-bond acceptors (Lipinski definition) is 0. The van der Waals surface area contributed by atoms with Gasteiger partial charge < -0.3 is 24.8 Å². The Morgan fingerprint density at radius 1 is 0.944 bits per heavy atom. The van der Waals surface area contributed by atoms with Gasteiger partial charge in [0.2, 0.25) is 0 Å². The van der Waals surface area contributed by atoms with Gasteiger partial charge in [-0.15, -0.1) is 0 Å². The molecule has 0 aliphatic rings. The van der Waals surface area contributed by atoms with Crippen LogP contribution in [0.15, 0.2) is 54.6 Å². The minimum Gasteiger partial charge on any atom is -1.00 e. The molecule has 0 radical (unpaired) electrons. The Bertz CT molecular complexity index is 295. The van der Waals surface area contributed by atoms with Gasteiger partial charge >= 0.3 is 26.2 Å². The predicted molar refractivity (Wildman–Crippen MR) is 67.2 cm³/mol. The summed E-state index contributed by atoms with van der Waals surface area (Å²) in [6.07, 6.45) is 2.55. The number of hydrogen-bond donors (Lipinski definition) is 0. The molecule has 0 N–H and O–H groups in total. The summed E-state index contributed by atoms with van der Waals surface area (Å²) in [4.78, 5) is 0. The first-order valence-corrected chi connectivity index (χ1v) is 5.66. The van der Waals surface area contributed by atoms with Crippen LogP contribution in [0.2, 0.25) is 0 Å². The summed E-state index contributed by atoms with van der Waals surface area (Å²) >= 11 is 0. The second-order valence-electron chi connectivity index (χ2n) is 4.19. The van der Waals surface area contributed by atoms with Crippen molar-refractivity contribution < 1.29 is 51.0 Å². The largest absolute Gasteiger partial charge is 4.00 e. The van der Waals surface area contributed by atoms with E-state index in [-0.39, 0.29) is 51.0 Å². The molecule has 0 nitrogen and oxygen atoms in total. The molecule has 0 saturated heterocycles. The Morgan fingerprint density at radius 2 is 1.44 bits per heavy atom. The van der Waals surface area contributed by atoms with Crippen LogP contribution < -0.4 is 24.8 Å². The fourth-order valence-electron chi connectivity index (χ4n) is 1.36. The normalized spacial score (nSPS) is 8.17. The zero-order valence-corrected chi connectivity index (χ0v) is 14.9. The third-order valence-electron chi connectivity index (χ3n) is 2.30. The van der Waals surface area contributed by atoms with Crippen LogP contribution in [0.3, 0.4) is 0 Å². The fourth-order valence-corrected chi connectivity index (χ4v) is 1.36. The van der Waals surface area contributed by atoms with E-state index in [2.05, 4.69) is 38.1 Å². The summed E-state index contributed by atoms with van der Waals surface area (Å²) in [5.74, 6) is 0.829. The van der Waals surface area contributed by atoms with E-state index in [9.17, 15) is 0 Å². The van der Waals surface area contributed by atoms with Gasteiger partial charge in [0, 0.05) is 0 Å². The van der Waals surface area contributed by atoms with Gasteiger partial charge in [-0.3, -0.25) is 0 Å². The van der Waals surface area contributed by atoms with Gasteiger partial charge in [-0.25, -0.2) is 24.3 Å². The average Bonchev–Trinajstić information content (AvgIpc) is 2.91. The molecule has 0 bridgehead atoms. The van der Waals surface area contributed by atoms with Crippen molar-refractivity contribution in [1.82, 2.24) is 0 Å². The predicted octanol–water partition coefficient (Wildman–Crippen LogP) is -1.59. The van der Waals surface area contributed by atoms with Crippen molar-refractivity contribution in [3.05, 3.63) is 60.2 Å². The molecule has 0 aromatic heterocycles. The van der Waals surface area contributed by atoms with Crippen molar-refractivity contribution in [3.63, 3.8) is 0 Å². The molecule has 0 saturated carbocycles. The summed E-state index contributed by atoms with van der Waals surface area (Å²) in [6, 6.07) is 18.6. The maximum absolute atomic E-state index is 2.27. The van der Waals surface area contributed by atoms with Crippen LogP contribution in [0, 0.1) is 5.92 Å². The summed E-state index contributed by atoms with van der Waals surface area (Å²) in [7, 11) is 0. The number of halogens is 2. The molecule has 98 valence electrons. The van der Waals surface area contributed by atoms with E-state index in [1.807, 2.05) is 30.3 Å². The Morgan fingerprint density at radius 3 is 1.78 bits per heavy atom. The molecular formula is C15H20Cl2Zr. The molecule has 18 heavy (non-hydrogen) atoms. The van der Waals surface area contributed by atoms with E-state index in [1.165, 1.54) is 18.4 Å². The summed E-state index contributed by atoms with van der Waals surface area (Å²) in [6.45, 7) is 4.53. The fraction of sp³-hybridized carbons (Fsp3) is 0.333. The van der Waals surface area contributed by atoms with Gasteiger partial charge in [-0.2, -0.15) is 35.9 Å². The zero-order chi connectivity index (χ0) is 10.9. The Labute approximate surface area is 143 Å². The first-order valence-electron chi connectivity index (χ1n) is 5.66. The van der Waals surface area contributed by atoms with Crippen LogP contribution in [0.1, 0.15) is 25.8 Å². The molecule has 0 unspecified atom stereocenters. The molecule has 2 aromatic carbocycles. The molecule has 0 aliphatic heterocycles. The molecule has 0 fully saturated rings. The van der Waals surface area contributed by atoms with Gasteiger partial charge in [0.15, 0.2) is 0 Å². The second-order valence-corrected chi connectivity index (χ2v) is 4.19. The SMILES string of the molecule is CC(C)CC[c-]1cccc1.[Cl-].[Cl-].[Zr+4].c1cc[cH-]c1. The number of aryl methyl sites for hydroxylation is 1.